The number of Topliss-reactive ketones (excluding diaryl/α,β-unsaturated/α-hetero) is 1. The van der Waals surface area contributed by atoms with E-state index in [9.17, 15) is 9.59 Å². The normalized spacial score (nSPS) is 14.9. The zero-order valence-corrected chi connectivity index (χ0v) is 22.8. The SMILES string of the molecule is C=C(C)SN=C(C)C.CC.COc1ccc([C@@H](C)CC(=O)NCC(C)=O)cc1OC1CCOC1. The Morgan fingerprint density at radius 3 is 2.38 bits per heavy atom. The summed E-state index contributed by atoms with van der Waals surface area (Å²) in [5.74, 6) is 1.14. The van der Waals surface area contributed by atoms with Crippen LogP contribution in [0.4, 0.5) is 0 Å². The molecule has 1 aliphatic heterocycles. The van der Waals surface area contributed by atoms with Gasteiger partial charge in [-0.05, 0) is 56.2 Å². The van der Waals surface area contributed by atoms with E-state index < -0.39 is 0 Å². The van der Waals surface area contributed by atoms with Crippen LogP contribution in [0.2, 0.25) is 0 Å². The second-order valence-electron chi connectivity index (χ2n) is 7.93. The smallest absolute Gasteiger partial charge is 0.220 e. The van der Waals surface area contributed by atoms with Gasteiger partial charge in [-0.15, -0.1) is 0 Å². The third kappa shape index (κ3) is 14.1. The van der Waals surface area contributed by atoms with E-state index in [-0.39, 0.29) is 30.3 Å². The molecule has 2 atom stereocenters. The van der Waals surface area contributed by atoms with E-state index >= 15 is 0 Å². The Labute approximate surface area is 209 Å². The lowest BCUT2D eigenvalue weighted by Gasteiger charge is -2.18. The minimum absolute atomic E-state index is 0.00467. The number of hydrogen-bond donors (Lipinski definition) is 1. The van der Waals surface area contributed by atoms with Gasteiger partial charge in [0, 0.05) is 30.5 Å². The van der Waals surface area contributed by atoms with Gasteiger partial charge in [-0.2, -0.15) is 0 Å². The molecule has 0 saturated carbocycles. The third-order valence-corrected chi connectivity index (χ3v) is 5.12. The molecule has 0 spiro atoms. The Balaban J connectivity index is 0.000000924. The average Bonchev–Trinajstić information content (AvgIpc) is 3.31. The van der Waals surface area contributed by atoms with Crippen LogP contribution in [-0.2, 0) is 14.3 Å². The molecule has 0 bridgehead atoms. The van der Waals surface area contributed by atoms with E-state index in [1.165, 1.54) is 18.9 Å². The van der Waals surface area contributed by atoms with Gasteiger partial charge >= 0.3 is 0 Å². The summed E-state index contributed by atoms with van der Waals surface area (Å²) >= 11 is 1.43. The first-order valence-corrected chi connectivity index (χ1v) is 12.4. The van der Waals surface area contributed by atoms with Gasteiger partial charge in [0.25, 0.3) is 0 Å². The van der Waals surface area contributed by atoms with Gasteiger partial charge in [0.2, 0.25) is 5.91 Å². The lowest BCUT2D eigenvalue weighted by molar-refractivity contribution is -0.124. The molecule has 34 heavy (non-hydrogen) atoms. The molecule has 1 aliphatic rings. The minimum Gasteiger partial charge on any atom is -0.493 e. The van der Waals surface area contributed by atoms with Crippen molar-refractivity contribution in [2.45, 2.75) is 73.3 Å². The molecular weight excluding hydrogens is 452 g/mol. The molecule has 1 heterocycles. The molecule has 1 aromatic carbocycles. The largest absolute Gasteiger partial charge is 0.493 e. The summed E-state index contributed by atoms with van der Waals surface area (Å²) in [6.45, 7) is 18.3. The van der Waals surface area contributed by atoms with Crippen LogP contribution in [-0.4, -0.2) is 50.4 Å². The third-order valence-electron chi connectivity index (χ3n) is 4.35. The molecule has 1 aromatic rings. The van der Waals surface area contributed by atoms with Gasteiger partial charge in [-0.25, -0.2) is 4.40 Å². The highest BCUT2D eigenvalue weighted by Gasteiger charge is 2.20. The van der Waals surface area contributed by atoms with Crippen molar-refractivity contribution < 1.29 is 23.8 Å². The topological polar surface area (TPSA) is 86.2 Å². The Kier molecular flexibility index (Phi) is 16.8. The molecule has 0 aliphatic carbocycles. The van der Waals surface area contributed by atoms with Crippen LogP contribution < -0.4 is 14.8 Å². The molecule has 0 radical (unpaired) electrons. The Morgan fingerprint density at radius 2 is 1.91 bits per heavy atom. The van der Waals surface area contributed by atoms with Gasteiger partial charge in [-0.3, -0.25) is 9.59 Å². The second kappa shape index (κ2) is 18.1. The van der Waals surface area contributed by atoms with Crippen molar-refractivity contribution in [1.29, 1.82) is 0 Å². The summed E-state index contributed by atoms with van der Waals surface area (Å²) in [6, 6.07) is 5.70. The maximum Gasteiger partial charge on any atom is 0.220 e. The van der Waals surface area contributed by atoms with Crippen molar-refractivity contribution in [1.82, 2.24) is 5.32 Å². The first-order chi connectivity index (χ1) is 16.1. The zero-order valence-electron chi connectivity index (χ0n) is 22.0. The minimum atomic E-state index is -0.139. The van der Waals surface area contributed by atoms with Crippen molar-refractivity contribution in [3.8, 4) is 11.5 Å². The standard InChI is InChI=1S/C18H25NO5.C6H11NS.C2H6/c1-12(8-18(21)19-10-13(2)20)14-4-5-16(22-3)17(9-14)24-15-6-7-23-11-15;1-5(2)7-8-6(3)4;1-2/h4-5,9,12,15H,6-8,10-11H2,1-3H3,(H,19,21);3H2,1-2,4H3;1-2H3/t12-,15?;;/m0../s1. The average molecular weight is 495 g/mol. The van der Waals surface area contributed by atoms with Crippen molar-refractivity contribution >= 4 is 29.4 Å². The summed E-state index contributed by atoms with van der Waals surface area (Å²) in [4.78, 5) is 23.8. The molecule has 1 amide bonds. The molecular formula is C26H42N2O5S. The zero-order chi connectivity index (χ0) is 26.1. The second-order valence-corrected chi connectivity index (χ2v) is 8.99. The molecule has 1 saturated heterocycles. The lowest BCUT2D eigenvalue weighted by Crippen LogP contribution is -2.29. The van der Waals surface area contributed by atoms with Crippen LogP contribution in [0.15, 0.2) is 34.1 Å². The fourth-order valence-corrected chi connectivity index (χ4v) is 3.08. The molecule has 1 N–H and O–H groups in total. The van der Waals surface area contributed by atoms with E-state index in [4.69, 9.17) is 14.2 Å². The number of allylic oxidation sites excluding steroid dienone is 1. The maximum absolute atomic E-state index is 11.9. The fourth-order valence-electron chi connectivity index (χ4n) is 2.74. The van der Waals surface area contributed by atoms with E-state index in [1.807, 2.05) is 59.7 Å². The van der Waals surface area contributed by atoms with Gasteiger partial charge in [-0.1, -0.05) is 33.4 Å². The number of ketones is 1. The lowest BCUT2D eigenvalue weighted by atomic mass is 9.97. The number of methoxy groups -OCH3 is 1. The number of amides is 1. The number of carbonyl (C=O) groups excluding carboxylic acids is 2. The molecule has 1 fully saturated rings. The summed E-state index contributed by atoms with van der Waals surface area (Å²) in [5, 5.41) is 2.62. The van der Waals surface area contributed by atoms with Gasteiger partial charge in [0.05, 0.1) is 26.9 Å². The summed E-state index contributed by atoms with van der Waals surface area (Å²) in [6.07, 6.45) is 1.20. The van der Waals surface area contributed by atoms with Crippen LogP contribution in [0.1, 0.15) is 72.8 Å². The van der Waals surface area contributed by atoms with Crippen molar-refractivity contribution in [3.63, 3.8) is 0 Å². The first kappa shape index (κ1) is 31.7. The summed E-state index contributed by atoms with van der Waals surface area (Å²) in [5.41, 5.74) is 2.07. The van der Waals surface area contributed by atoms with Crippen molar-refractivity contribution in [2.75, 3.05) is 26.9 Å². The number of nitrogens with one attached hydrogen (secondary N) is 1. The van der Waals surface area contributed by atoms with Crippen molar-refractivity contribution in [2.24, 2.45) is 4.40 Å². The van der Waals surface area contributed by atoms with Crippen LogP contribution in [0, 0.1) is 0 Å². The van der Waals surface area contributed by atoms with Crippen LogP contribution in [0.25, 0.3) is 0 Å². The predicted octanol–water partition coefficient (Wildman–Crippen LogP) is 5.74. The Morgan fingerprint density at radius 1 is 1.24 bits per heavy atom. The maximum atomic E-state index is 11.9. The molecule has 1 unspecified atom stereocenters. The molecule has 7 nitrogen and oxygen atoms in total. The number of ether oxygens (including phenoxy) is 3. The first-order valence-electron chi connectivity index (χ1n) is 11.6. The van der Waals surface area contributed by atoms with Gasteiger partial charge in [0.15, 0.2) is 11.5 Å². The predicted molar refractivity (Wildman–Crippen MR) is 142 cm³/mol. The highest BCUT2D eigenvalue weighted by atomic mass is 32.2. The van der Waals surface area contributed by atoms with Gasteiger partial charge < -0.3 is 19.5 Å². The number of carbonyl (C=O) groups is 2. The van der Waals surface area contributed by atoms with Crippen molar-refractivity contribution in [3.05, 3.63) is 35.2 Å². The highest BCUT2D eigenvalue weighted by molar-refractivity contribution is 8.01. The Bertz CT molecular complexity index is 800. The van der Waals surface area contributed by atoms with E-state index in [0.29, 0.717) is 31.1 Å². The monoisotopic (exact) mass is 494 g/mol. The molecule has 0 aromatic heterocycles. The van der Waals surface area contributed by atoms with Crippen LogP contribution >= 0.6 is 11.9 Å². The number of nitrogens with zero attached hydrogens (tertiary/aromatic N) is 1. The molecule has 2 rings (SSSR count). The van der Waals surface area contributed by atoms with Crippen LogP contribution in [0.3, 0.4) is 0 Å². The van der Waals surface area contributed by atoms with E-state index in [0.717, 1.165) is 22.6 Å². The highest BCUT2D eigenvalue weighted by Crippen LogP contribution is 2.33. The fraction of sp³-hybridized carbons (Fsp3) is 0.577. The summed E-state index contributed by atoms with van der Waals surface area (Å²) < 4.78 is 20.7. The molecule has 8 heteroatoms. The van der Waals surface area contributed by atoms with Gasteiger partial charge in [0.1, 0.15) is 11.9 Å². The quantitative estimate of drug-likeness (QED) is 0.330. The summed E-state index contributed by atoms with van der Waals surface area (Å²) in [7, 11) is 1.60. The number of rotatable bonds is 10. The van der Waals surface area contributed by atoms with E-state index in [2.05, 4.69) is 16.3 Å². The number of hydrogen-bond acceptors (Lipinski definition) is 7. The number of benzene rings is 1. The molecule has 192 valence electrons. The Hall–Kier alpha value is -2.32. The van der Waals surface area contributed by atoms with E-state index in [1.54, 1.807) is 7.11 Å². The van der Waals surface area contributed by atoms with Crippen LogP contribution in [0.5, 0.6) is 11.5 Å².